The lowest BCUT2D eigenvalue weighted by Gasteiger charge is -2.01. The van der Waals surface area contributed by atoms with E-state index in [0.717, 1.165) is 33.1 Å². The fraction of sp³-hybridized carbons (Fsp3) is 0.222. The molecule has 0 aliphatic heterocycles. The molecule has 3 nitrogen and oxygen atoms in total. The Morgan fingerprint density at radius 2 is 2.04 bits per heavy atom. The zero-order valence-electron chi connectivity index (χ0n) is 13.4. The van der Waals surface area contributed by atoms with Crippen LogP contribution in [0.4, 0.5) is 4.39 Å². The van der Waals surface area contributed by atoms with Crippen LogP contribution in [0.2, 0.25) is 0 Å². The van der Waals surface area contributed by atoms with Crippen molar-refractivity contribution in [1.29, 1.82) is 0 Å². The van der Waals surface area contributed by atoms with Gasteiger partial charge in [-0.2, -0.15) is 0 Å². The Labute approximate surface area is 148 Å². The van der Waals surface area contributed by atoms with Gasteiger partial charge in [0.1, 0.15) is 5.82 Å². The van der Waals surface area contributed by atoms with Crippen LogP contribution in [0.3, 0.4) is 0 Å². The summed E-state index contributed by atoms with van der Waals surface area (Å²) in [6.07, 6.45) is 0.907. The van der Waals surface area contributed by atoms with E-state index in [2.05, 4.69) is 17.2 Å². The third-order valence-corrected chi connectivity index (χ3v) is 5.91. The lowest BCUT2D eigenvalue weighted by Crippen LogP contribution is -2.21. The van der Waals surface area contributed by atoms with E-state index in [0.29, 0.717) is 11.4 Å². The van der Waals surface area contributed by atoms with E-state index in [4.69, 9.17) is 0 Å². The Balaban J connectivity index is 1.71. The fourth-order valence-corrected chi connectivity index (χ4v) is 4.17. The molecule has 3 rings (SSSR count). The maximum absolute atomic E-state index is 13.1. The summed E-state index contributed by atoms with van der Waals surface area (Å²) in [7, 11) is 0. The summed E-state index contributed by atoms with van der Waals surface area (Å²) in [5, 5.41) is 5.96. The summed E-state index contributed by atoms with van der Waals surface area (Å²) >= 11 is 3.03. The van der Waals surface area contributed by atoms with Gasteiger partial charge in [0.2, 0.25) is 0 Å². The summed E-state index contributed by atoms with van der Waals surface area (Å²) in [5.41, 5.74) is 2.82. The topological polar surface area (TPSA) is 42.0 Å². The van der Waals surface area contributed by atoms with Gasteiger partial charge in [-0.15, -0.1) is 22.7 Å². The molecule has 3 aromatic rings. The van der Waals surface area contributed by atoms with E-state index >= 15 is 0 Å². The zero-order chi connectivity index (χ0) is 17.1. The molecule has 0 bridgehead atoms. The number of nitrogens with zero attached hydrogens (tertiary/aromatic N) is 1. The molecule has 0 atom stereocenters. The number of nitrogens with one attached hydrogen (secondary N) is 1. The number of benzene rings is 1. The van der Waals surface area contributed by atoms with Gasteiger partial charge in [-0.1, -0.05) is 19.1 Å². The molecule has 0 saturated heterocycles. The van der Waals surface area contributed by atoms with Crippen LogP contribution < -0.4 is 5.32 Å². The van der Waals surface area contributed by atoms with Crippen molar-refractivity contribution < 1.29 is 9.18 Å². The van der Waals surface area contributed by atoms with Gasteiger partial charge in [-0.25, -0.2) is 9.37 Å². The number of aryl methyl sites for hydroxylation is 2. The summed E-state index contributed by atoms with van der Waals surface area (Å²) in [4.78, 5) is 18.4. The fourth-order valence-electron chi connectivity index (χ4n) is 2.33. The predicted molar refractivity (Wildman–Crippen MR) is 97.1 cm³/mol. The van der Waals surface area contributed by atoms with Crippen LogP contribution in [0.5, 0.6) is 0 Å². The number of hydrogen-bond acceptors (Lipinski definition) is 4. The quantitative estimate of drug-likeness (QED) is 0.709. The Bertz CT molecular complexity index is 852. The lowest BCUT2D eigenvalue weighted by atomic mass is 10.1. The van der Waals surface area contributed by atoms with E-state index in [1.807, 2.05) is 18.4 Å². The van der Waals surface area contributed by atoms with Crippen LogP contribution in [-0.4, -0.2) is 10.9 Å². The maximum Gasteiger partial charge on any atom is 0.261 e. The zero-order valence-corrected chi connectivity index (χ0v) is 15.1. The van der Waals surface area contributed by atoms with Crippen molar-refractivity contribution in [3.8, 4) is 10.4 Å². The molecule has 1 aromatic carbocycles. The molecule has 1 amide bonds. The van der Waals surface area contributed by atoms with Crippen molar-refractivity contribution in [3.05, 3.63) is 62.7 Å². The normalized spacial score (nSPS) is 10.8. The van der Waals surface area contributed by atoms with Crippen LogP contribution in [0.1, 0.15) is 32.9 Å². The molecular formula is C18H17FN2OS2. The number of carbonyl (C=O) groups excluding carboxylic acids is 1. The average molecular weight is 360 g/mol. The maximum atomic E-state index is 13.1. The van der Waals surface area contributed by atoms with Crippen molar-refractivity contribution in [2.24, 2.45) is 0 Å². The van der Waals surface area contributed by atoms with Crippen LogP contribution in [0.25, 0.3) is 10.4 Å². The standard InChI is InChI=1S/C18H17FN2OS2/c1-3-16-21-14(10-23-16)9-20-18(22)15-8-11(2)17(24-15)12-4-6-13(19)7-5-12/h4-8,10H,3,9H2,1-2H3,(H,20,22). The highest BCUT2D eigenvalue weighted by molar-refractivity contribution is 7.17. The molecule has 1 N–H and O–H groups in total. The number of amides is 1. The second kappa shape index (κ2) is 7.23. The number of carbonyl (C=O) groups is 1. The van der Waals surface area contributed by atoms with Crippen molar-refractivity contribution in [2.75, 3.05) is 0 Å². The predicted octanol–water partition coefficient (Wildman–Crippen LogP) is 4.81. The highest BCUT2D eigenvalue weighted by Crippen LogP contribution is 2.32. The smallest absolute Gasteiger partial charge is 0.261 e. The monoisotopic (exact) mass is 360 g/mol. The SMILES string of the molecule is CCc1nc(CNC(=O)c2cc(C)c(-c3ccc(F)cc3)s2)cs1. The number of hydrogen-bond donors (Lipinski definition) is 1. The number of rotatable bonds is 5. The first-order valence-electron chi connectivity index (χ1n) is 7.64. The molecule has 24 heavy (non-hydrogen) atoms. The average Bonchev–Trinajstić information content (AvgIpc) is 3.20. The minimum absolute atomic E-state index is 0.109. The minimum atomic E-state index is -0.263. The number of thiazole rings is 1. The Morgan fingerprint density at radius 1 is 1.29 bits per heavy atom. The minimum Gasteiger partial charge on any atom is -0.346 e. The molecule has 0 radical (unpaired) electrons. The lowest BCUT2D eigenvalue weighted by molar-refractivity contribution is 0.0954. The van der Waals surface area contributed by atoms with Gasteiger partial charge in [-0.3, -0.25) is 4.79 Å². The van der Waals surface area contributed by atoms with Crippen molar-refractivity contribution in [2.45, 2.75) is 26.8 Å². The van der Waals surface area contributed by atoms with Gasteiger partial charge < -0.3 is 5.32 Å². The molecule has 2 heterocycles. The summed E-state index contributed by atoms with van der Waals surface area (Å²) in [6, 6.07) is 8.20. The van der Waals surface area contributed by atoms with Gasteiger partial charge in [0.25, 0.3) is 5.91 Å². The van der Waals surface area contributed by atoms with Gasteiger partial charge in [0.15, 0.2) is 0 Å². The number of halogens is 1. The molecule has 0 aliphatic carbocycles. The molecule has 0 fully saturated rings. The Kier molecular flexibility index (Phi) is 5.06. The highest BCUT2D eigenvalue weighted by Gasteiger charge is 2.14. The van der Waals surface area contributed by atoms with Gasteiger partial charge in [-0.05, 0) is 42.7 Å². The highest BCUT2D eigenvalue weighted by atomic mass is 32.1. The molecule has 0 aliphatic rings. The molecule has 0 saturated carbocycles. The van der Waals surface area contributed by atoms with E-state index in [1.54, 1.807) is 23.5 Å². The van der Waals surface area contributed by atoms with E-state index < -0.39 is 0 Å². The Hall–Kier alpha value is -2.05. The molecular weight excluding hydrogens is 343 g/mol. The molecule has 0 unspecified atom stereocenters. The first-order chi connectivity index (χ1) is 11.6. The third kappa shape index (κ3) is 3.71. The number of thiophene rings is 1. The Morgan fingerprint density at radius 3 is 2.71 bits per heavy atom. The van der Waals surface area contributed by atoms with Gasteiger partial charge in [0.05, 0.1) is 22.1 Å². The summed E-state index contributed by atoms with van der Waals surface area (Å²) in [5.74, 6) is -0.372. The molecule has 6 heteroatoms. The first-order valence-corrected chi connectivity index (χ1v) is 9.34. The van der Waals surface area contributed by atoms with Gasteiger partial charge >= 0.3 is 0 Å². The van der Waals surface area contributed by atoms with Crippen LogP contribution in [0.15, 0.2) is 35.7 Å². The molecule has 2 aromatic heterocycles. The molecule has 0 spiro atoms. The van der Waals surface area contributed by atoms with Crippen molar-refractivity contribution in [1.82, 2.24) is 10.3 Å². The summed E-state index contributed by atoms with van der Waals surface area (Å²) < 4.78 is 13.1. The third-order valence-electron chi connectivity index (χ3n) is 3.58. The van der Waals surface area contributed by atoms with Crippen molar-refractivity contribution in [3.63, 3.8) is 0 Å². The molecule has 124 valence electrons. The van der Waals surface area contributed by atoms with E-state index in [9.17, 15) is 9.18 Å². The van der Waals surface area contributed by atoms with Crippen LogP contribution in [-0.2, 0) is 13.0 Å². The van der Waals surface area contributed by atoms with E-state index in [1.165, 1.54) is 23.5 Å². The van der Waals surface area contributed by atoms with Crippen LogP contribution in [0, 0.1) is 12.7 Å². The number of aromatic nitrogens is 1. The summed E-state index contributed by atoms with van der Waals surface area (Å²) in [6.45, 7) is 4.45. The second-order valence-corrected chi connectivity index (χ2v) is 7.39. The first kappa shape index (κ1) is 16.8. The van der Waals surface area contributed by atoms with Gasteiger partial charge in [0, 0.05) is 10.3 Å². The van der Waals surface area contributed by atoms with Crippen LogP contribution >= 0.6 is 22.7 Å². The second-order valence-electron chi connectivity index (χ2n) is 5.40. The largest absolute Gasteiger partial charge is 0.346 e. The van der Waals surface area contributed by atoms with E-state index in [-0.39, 0.29) is 11.7 Å². The van der Waals surface area contributed by atoms with Crippen molar-refractivity contribution >= 4 is 28.6 Å².